The number of carbonyl (C=O) groups is 1. The number of hydrogen-bond acceptors (Lipinski definition) is 3. The van der Waals surface area contributed by atoms with Crippen LogP contribution in [0.5, 0.6) is 0 Å². The summed E-state index contributed by atoms with van der Waals surface area (Å²) in [5, 5.41) is 9.96. The van der Waals surface area contributed by atoms with Gasteiger partial charge in [-0.15, -0.1) is 0 Å². The molecule has 1 aliphatic heterocycles. The summed E-state index contributed by atoms with van der Waals surface area (Å²) in [6, 6.07) is 8.33. The third-order valence-electron chi connectivity index (χ3n) is 5.30. The predicted molar refractivity (Wildman–Crippen MR) is 106 cm³/mol. The first-order chi connectivity index (χ1) is 13.7. The van der Waals surface area contributed by atoms with Crippen molar-refractivity contribution in [2.24, 2.45) is 0 Å². The highest BCUT2D eigenvalue weighted by Crippen LogP contribution is 2.30. The standard InChI is InChI=1S/C20H26F3N5O/c1-14-5-3-4-6-17(14)25-19(29)26-18-7-10-24-28(18)16-8-11-27(12-9-16)15(2)13-20(21,22)23/h3-7,10,15-16H,8-9,11-13H2,1-2H3,(H2,25,26,29)/t15-/m0/s1. The lowest BCUT2D eigenvalue weighted by Crippen LogP contribution is -2.42. The second-order valence-corrected chi connectivity index (χ2v) is 7.49. The number of rotatable bonds is 5. The van der Waals surface area contributed by atoms with E-state index in [9.17, 15) is 18.0 Å². The van der Waals surface area contributed by atoms with Gasteiger partial charge in [0, 0.05) is 30.9 Å². The Bertz CT molecular complexity index is 828. The minimum absolute atomic E-state index is 0.0353. The van der Waals surface area contributed by atoms with Gasteiger partial charge in [-0.2, -0.15) is 18.3 Å². The fourth-order valence-electron chi connectivity index (χ4n) is 3.72. The molecule has 6 nitrogen and oxygen atoms in total. The first-order valence-electron chi connectivity index (χ1n) is 9.71. The molecule has 1 atom stereocenters. The Morgan fingerprint density at radius 1 is 1.21 bits per heavy atom. The van der Waals surface area contributed by atoms with Crippen molar-refractivity contribution < 1.29 is 18.0 Å². The average molecular weight is 409 g/mol. The molecule has 0 saturated carbocycles. The van der Waals surface area contributed by atoms with E-state index >= 15 is 0 Å². The minimum Gasteiger partial charge on any atom is -0.307 e. The maximum atomic E-state index is 12.6. The number of piperidine rings is 1. The number of benzene rings is 1. The maximum absolute atomic E-state index is 12.6. The lowest BCUT2D eigenvalue weighted by Gasteiger charge is -2.36. The van der Waals surface area contributed by atoms with Crippen LogP contribution in [0.15, 0.2) is 36.5 Å². The van der Waals surface area contributed by atoms with Gasteiger partial charge in [0.2, 0.25) is 0 Å². The number of carbonyl (C=O) groups excluding carboxylic acids is 1. The molecule has 9 heteroatoms. The molecular formula is C20H26F3N5O. The highest BCUT2D eigenvalue weighted by molar-refractivity contribution is 5.99. The summed E-state index contributed by atoms with van der Waals surface area (Å²) in [6.07, 6.45) is -1.98. The van der Waals surface area contributed by atoms with Crippen LogP contribution in [0.1, 0.15) is 37.8 Å². The number of anilines is 2. The molecule has 1 aromatic heterocycles. The fraction of sp³-hybridized carbons (Fsp3) is 0.500. The number of alkyl halides is 3. The number of nitrogens with one attached hydrogen (secondary N) is 2. The molecule has 1 saturated heterocycles. The van der Waals surface area contributed by atoms with E-state index in [1.165, 1.54) is 0 Å². The molecule has 0 aliphatic carbocycles. The van der Waals surface area contributed by atoms with Crippen LogP contribution in [-0.4, -0.2) is 46.0 Å². The molecule has 3 rings (SSSR count). The quantitative estimate of drug-likeness (QED) is 0.745. The summed E-state index contributed by atoms with van der Waals surface area (Å²) in [5.41, 5.74) is 1.68. The molecule has 29 heavy (non-hydrogen) atoms. The van der Waals surface area contributed by atoms with Crippen LogP contribution in [0.2, 0.25) is 0 Å². The number of likely N-dealkylation sites (tertiary alicyclic amines) is 1. The molecular weight excluding hydrogens is 383 g/mol. The van der Waals surface area contributed by atoms with Crippen molar-refractivity contribution in [2.45, 2.75) is 51.4 Å². The first kappa shape index (κ1) is 21.2. The van der Waals surface area contributed by atoms with E-state index in [4.69, 9.17) is 0 Å². The van der Waals surface area contributed by atoms with Gasteiger partial charge in [0.1, 0.15) is 5.82 Å². The van der Waals surface area contributed by atoms with Crippen molar-refractivity contribution in [2.75, 3.05) is 23.7 Å². The Morgan fingerprint density at radius 2 is 1.90 bits per heavy atom. The van der Waals surface area contributed by atoms with Gasteiger partial charge in [0.15, 0.2) is 0 Å². The number of amides is 2. The molecule has 0 radical (unpaired) electrons. The van der Waals surface area contributed by atoms with E-state index in [-0.39, 0.29) is 12.1 Å². The van der Waals surface area contributed by atoms with E-state index < -0.39 is 18.6 Å². The second kappa shape index (κ2) is 8.86. The Kier molecular flexibility index (Phi) is 6.46. The van der Waals surface area contributed by atoms with Crippen LogP contribution in [0.3, 0.4) is 0 Å². The summed E-state index contributed by atoms with van der Waals surface area (Å²) in [4.78, 5) is 14.2. The molecule has 1 fully saturated rings. The molecule has 2 aromatic rings. The third-order valence-corrected chi connectivity index (χ3v) is 5.30. The Balaban J connectivity index is 1.57. The van der Waals surface area contributed by atoms with Crippen LogP contribution in [0.4, 0.5) is 29.5 Å². The number of aromatic nitrogens is 2. The number of urea groups is 1. The molecule has 1 aliphatic rings. The van der Waals surface area contributed by atoms with Gasteiger partial charge >= 0.3 is 12.2 Å². The minimum atomic E-state index is -4.15. The topological polar surface area (TPSA) is 62.2 Å². The summed E-state index contributed by atoms with van der Waals surface area (Å²) in [6.45, 7) is 4.66. The lowest BCUT2D eigenvalue weighted by atomic mass is 10.0. The molecule has 2 N–H and O–H groups in total. The van der Waals surface area contributed by atoms with E-state index in [1.54, 1.807) is 23.9 Å². The van der Waals surface area contributed by atoms with Gasteiger partial charge < -0.3 is 10.2 Å². The Morgan fingerprint density at radius 3 is 2.55 bits per heavy atom. The summed E-state index contributed by atoms with van der Waals surface area (Å²) >= 11 is 0. The van der Waals surface area contributed by atoms with Crippen molar-refractivity contribution in [3.63, 3.8) is 0 Å². The molecule has 1 aromatic carbocycles. The summed E-state index contributed by atoms with van der Waals surface area (Å²) in [5.74, 6) is 0.567. The smallest absolute Gasteiger partial charge is 0.307 e. The van der Waals surface area contributed by atoms with Gasteiger partial charge in [-0.25, -0.2) is 9.48 Å². The van der Waals surface area contributed by atoms with Crippen LogP contribution in [0.25, 0.3) is 0 Å². The van der Waals surface area contributed by atoms with E-state index in [0.29, 0.717) is 31.7 Å². The van der Waals surface area contributed by atoms with Crippen LogP contribution in [0, 0.1) is 6.92 Å². The number of halogens is 3. The highest BCUT2D eigenvalue weighted by Gasteiger charge is 2.34. The average Bonchev–Trinajstić information content (AvgIpc) is 3.10. The number of nitrogens with zero attached hydrogens (tertiary/aromatic N) is 3. The zero-order chi connectivity index (χ0) is 21.0. The zero-order valence-electron chi connectivity index (χ0n) is 16.5. The molecule has 0 spiro atoms. The van der Waals surface area contributed by atoms with Gasteiger partial charge in [0.05, 0.1) is 18.7 Å². The SMILES string of the molecule is Cc1ccccc1NC(=O)Nc1ccnn1C1CCN([C@@H](C)CC(F)(F)F)CC1. The zero-order valence-corrected chi connectivity index (χ0v) is 16.5. The third kappa shape index (κ3) is 5.72. The fourth-order valence-corrected chi connectivity index (χ4v) is 3.72. The summed E-state index contributed by atoms with van der Waals surface area (Å²) < 4.78 is 39.6. The normalized spacial score (nSPS) is 17.1. The molecule has 0 unspecified atom stereocenters. The van der Waals surface area contributed by atoms with Crippen molar-refractivity contribution in [1.29, 1.82) is 0 Å². The molecule has 158 valence electrons. The first-order valence-corrected chi connectivity index (χ1v) is 9.71. The van der Waals surface area contributed by atoms with Gasteiger partial charge in [-0.3, -0.25) is 5.32 Å². The number of aryl methyl sites for hydroxylation is 1. The predicted octanol–water partition coefficient (Wildman–Crippen LogP) is 4.81. The maximum Gasteiger partial charge on any atom is 0.390 e. The number of hydrogen-bond donors (Lipinski definition) is 2. The monoisotopic (exact) mass is 409 g/mol. The van der Waals surface area contributed by atoms with Crippen LogP contribution < -0.4 is 10.6 Å². The molecule has 0 bridgehead atoms. The van der Waals surface area contributed by atoms with Crippen molar-refractivity contribution in [3.05, 3.63) is 42.1 Å². The van der Waals surface area contributed by atoms with Crippen molar-refractivity contribution in [1.82, 2.24) is 14.7 Å². The lowest BCUT2D eigenvalue weighted by molar-refractivity contribution is -0.147. The second-order valence-electron chi connectivity index (χ2n) is 7.49. The van der Waals surface area contributed by atoms with Crippen molar-refractivity contribution in [3.8, 4) is 0 Å². The van der Waals surface area contributed by atoms with Gasteiger partial charge in [0.25, 0.3) is 0 Å². The van der Waals surface area contributed by atoms with Gasteiger partial charge in [-0.1, -0.05) is 18.2 Å². The van der Waals surface area contributed by atoms with E-state index in [2.05, 4.69) is 15.7 Å². The van der Waals surface area contributed by atoms with E-state index in [1.807, 2.05) is 36.1 Å². The van der Waals surface area contributed by atoms with Crippen LogP contribution >= 0.6 is 0 Å². The Labute approximate surface area is 168 Å². The molecule has 2 amide bonds. The molecule has 2 heterocycles. The Hall–Kier alpha value is -2.55. The summed E-state index contributed by atoms with van der Waals surface area (Å²) in [7, 11) is 0. The van der Waals surface area contributed by atoms with E-state index in [0.717, 1.165) is 11.3 Å². The largest absolute Gasteiger partial charge is 0.390 e. The van der Waals surface area contributed by atoms with Crippen molar-refractivity contribution >= 4 is 17.5 Å². The highest BCUT2D eigenvalue weighted by atomic mass is 19.4. The number of para-hydroxylation sites is 1. The van der Waals surface area contributed by atoms with Crippen LogP contribution in [-0.2, 0) is 0 Å². The van der Waals surface area contributed by atoms with Gasteiger partial charge in [-0.05, 0) is 38.3 Å².